The van der Waals surface area contributed by atoms with E-state index in [4.69, 9.17) is 9.47 Å². The molecule has 1 N–H and O–H groups in total. The Morgan fingerprint density at radius 2 is 1.64 bits per heavy atom. The van der Waals surface area contributed by atoms with Crippen molar-refractivity contribution in [2.45, 2.75) is 6.92 Å². The molecule has 0 fully saturated rings. The first-order chi connectivity index (χ1) is 13.6. The molecule has 0 saturated heterocycles. The summed E-state index contributed by atoms with van der Waals surface area (Å²) in [6.45, 7) is 1.52. The average Bonchev–Trinajstić information content (AvgIpc) is 2.73. The topological polar surface area (TPSA) is 64.6 Å². The number of rotatable bonds is 6. The lowest BCUT2D eigenvalue weighted by Gasteiger charge is -2.12. The summed E-state index contributed by atoms with van der Waals surface area (Å²) in [5.41, 5.74) is 3.59. The fourth-order valence-corrected chi connectivity index (χ4v) is 2.85. The van der Waals surface area contributed by atoms with Gasteiger partial charge in [-0.2, -0.15) is 0 Å². The van der Waals surface area contributed by atoms with Gasteiger partial charge in [0.1, 0.15) is 5.75 Å². The highest BCUT2D eigenvalue weighted by atomic mass is 16.5. The van der Waals surface area contributed by atoms with Gasteiger partial charge in [-0.05, 0) is 41.8 Å². The van der Waals surface area contributed by atoms with E-state index < -0.39 is 11.9 Å². The molecule has 0 aliphatic carbocycles. The molecular formula is C23H21NO4. The quantitative estimate of drug-likeness (QED) is 0.646. The van der Waals surface area contributed by atoms with Crippen molar-refractivity contribution in [2.24, 2.45) is 0 Å². The van der Waals surface area contributed by atoms with E-state index in [0.29, 0.717) is 17.0 Å². The number of carbonyl (C=O) groups excluding carboxylic acids is 2. The molecule has 0 aliphatic rings. The molecule has 0 bridgehead atoms. The smallest absolute Gasteiger partial charge is 0.339 e. The van der Waals surface area contributed by atoms with Crippen molar-refractivity contribution in [1.29, 1.82) is 0 Å². The second-order valence-electron chi connectivity index (χ2n) is 6.24. The van der Waals surface area contributed by atoms with E-state index >= 15 is 0 Å². The Morgan fingerprint density at radius 1 is 0.929 bits per heavy atom. The molecule has 28 heavy (non-hydrogen) atoms. The lowest BCUT2D eigenvalue weighted by atomic mass is 10.00. The van der Waals surface area contributed by atoms with Crippen molar-refractivity contribution in [3.05, 3.63) is 83.9 Å². The minimum atomic E-state index is -0.550. The molecule has 0 spiro atoms. The van der Waals surface area contributed by atoms with Crippen LogP contribution in [0.25, 0.3) is 11.1 Å². The van der Waals surface area contributed by atoms with Gasteiger partial charge in [0, 0.05) is 0 Å². The van der Waals surface area contributed by atoms with Crippen LogP contribution < -0.4 is 10.1 Å². The van der Waals surface area contributed by atoms with Crippen molar-refractivity contribution in [1.82, 2.24) is 0 Å². The van der Waals surface area contributed by atoms with Gasteiger partial charge < -0.3 is 14.8 Å². The molecule has 0 aromatic heterocycles. The molecule has 0 radical (unpaired) electrons. The molecule has 0 unspecified atom stereocenters. The van der Waals surface area contributed by atoms with Crippen molar-refractivity contribution in [3.63, 3.8) is 0 Å². The second kappa shape index (κ2) is 8.86. The highest BCUT2D eigenvalue weighted by Gasteiger charge is 2.16. The third-order valence-electron chi connectivity index (χ3n) is 4.20. The molecule has 0 aliphatic heterocycles. The van der Waals surface area contributed by atoms with Gasteiger partial charge in [-0.25, -0.2) is 4.79 Å². The van der Waals surface area contributed by atoms with Gasteiger partial charge in [-0.1, -0.05) is 54.6 Å². The van der Waals surface area contributed by atoms with E-state index in [-0.39, 0.29) is 6.61 Å². The third-order valence-corrected chi connectivity index (χ3v) is 4.20. The second-order valence-corrected chi connectivity index (χ2v) is 6.24. The Hall–Kier alpha value is -3.60. The summed E-state index contributed by atoms with van der Waals surface area (Å²) < 4.78 is 10.5. The zero-order valence-electron chi connectivity index (χ0n) is 15.8. The van der Waals surface area contributed by atoms with E-state index in [1.54, 1.807) is 24.3 Å². The maximum absolute atomic E-state index is 12.5. The number of carbonyl (C=O) groups is 2. The molecule has 5 heteroatoms. The summed E-state index contributed by atoms with van der Waals surface area (Å²) in [6.07, 6.45) is 0. The highest BCUT2D eigenvalue weighted by Crippen LogP contribution is 2.26. The number of hydrogen-bond donors (Lipinski definition) is 1. The Balaban J connectivity index is 1.68. The van der Waals surface area contributed by atoms with Gasteiger partial charge >= 0.3 is 5.97 Å². The summed E-state index contributed by atoms with van der Waals surface area (Å²) in [4.78, 5) is 24.8. The summed E-state index contributed by atoms with van der Waals surface area (Å²) in [5, 5.41) is 2.71. The first-order valence-corrected chi connectivity index (χ1v) is 8.84. The molecular weight excluding hydrogens is 354 g/mol. The van der Waals surface area contributed by atoms with Crippen molar-refractivity contribution >= 4 is 17.6 Å². The fraction of sp³-hybridized carbons (Fsp3) is 0.130. The van der Waals surface area contributed by atoms with Crippen LogP contribution in [0, 0.1) is 6.92 Å². The van der Waals surface area contributed by atoms with Gasteiger partial charge in [0.2, 0.25) is 0 Å². The van der Waals surface area contributed by atoms with Crippen molar-refractivity contribution in [3.8, 4) is 16.9 Å². The third kappa shape index (κ3) is 4.57. The number of ether oxygens (including phenoxy) is 2. The number of methoxy groups -OCH3 is 1. The van der Waals surface area contributed by atoms with Crippen LogP contribution in [0.5, 0.6) is 5.75 Å². The molecule has 0 atom stereocenters. The predicted octanol–water partition coefficient (Wildman–Crippen LogP) is 4.47. The molecule has 3 rings (SSSR count). The van der Waals surface area contributed by atoms with Gasteiger partial charge in [0.05, 0.1) is 18.4 Å². The number of amides is 1. The lowest BCUT2D eigenvalue weighted by Crippen LogP contribution is -2.21. The predicted molar refractivity (Wildman–Crippen MR) is 109 cm³/mol. The molecule has 1 amide bonds. The molecule has 0 heterocycles. The Morgan fingerprint density at radius 3 is 2.39 bits per heavy atom. The Bertz CT molecular complexity index is 983. The number of hydrogen-bond acceptors (Lipinski definition) is 4. The van der Waals surface area contributed by atoms with E-state index in [2.05, 4.69) is 5.32 Å². The van der Waals surface area contributed by atoms with E-state index in [0.717, 1.165) is 16.7 Å². The van der Waals surface area contributed by atoms with Crippen LogP contribution in [0.1, 0.15) is 15.9 Å². The molecule has 0 saturated carbocycles. The molecule has 142 valence electrons. The van der Waals surface area contributed by atoms with Crippen LogP contribution >= 0.6 is 0 Å². The zero-order chi connectivity index (χ0) is 19.9. The summed E-state index contributed by atoms with van der Waals surface area (Å²) in [7, 11) is 1.53. The Kier molecular flexibility index (Phi) is 6.07. The maximum Gasteiger partial charge on any atom is 0.339 e. The van der Waals surface area contributed by atoms with Crippen molar-refractivity contribution in [2.75, 3.05) is 19.0 Å². The number of aryl methyl sites for hydroxylation is 1. The number of anilines is 1. The molecule has 3 aromatic rings. The standard InChI is InChI=1S/C23H21NO4/c1-16-12-13-21(27-2)20(14-16)24-22(25)15-28-23(26)19-11-7-6-10-18(19)17-8-4-3-5-9-17/h3-14H,15H2,1-2H3,(H,24,25). The van der Waals surface area contributed by atoms with E-state index in [1.807, 2.05) is 55.5 Å². The Labute approximate surface area is 163 Å². The van der Waals surface area contributed by atoms with Gasteiger partial charge in [-0.15, -0.1) is 0 Å². The summed E-state index contributed by atoms with van der Waals surface area (Å²) in [5.74, 6) is -0.444. The molecule has 5 nitrogen and oxygen atoms in total. The van der Waals surface area contributed by atoms with Gasteiger partial charge in [0.15, 0.2) is 6.61 Å². The lowest BCUT2D eigenvalue weighted by molar-refractivity contribution is -0.119. The van der Waals surface area contributed by atoms with Crippen LogP contribution in [0.4, 0.5) is 5.69 Å². The fourth-order valence-electron chi connectivity index (χ4n) is 2.85. The van der Waals surface area contributed by atoms with Crippen LogP contribution in [0.2, 0.25) is 0 Å². The van der Waals surface area contributed by atoms with Crippen LogP contribution in [0.15, 0.2) is 72.8 Å². The van der Waals surface area contributed by atoms with Crippen LogP contribution in [-0.2, 0) is 9.53 Å². The SMILES string of the molecule is COc1ccc(C)cc1NC(=O)COC(=O)c1ccccc1-c1ccccc1. The minimum Gasteiger partial charge on any atom is -0.495 e. The van der Waals surface area contributed by atoms with Crippen LogP contribution in [0.3, 0.4) is 0 Å². The maximum atomic E-state index is 12.5. The first kappa shape index (κ1) is 19.2. The van der Waals surface area contributed by atoms with Crippen molar-refractivity contribution < 1.29 is 19.1 Å². The van der Waals surface area contributed by atoms with E-state index in [9.17, 15) is 9.59 Å². The normalized spacial score (nSPS) is 10.2. The zero-order valence-corrected chi connectivity index (χ0v) is 15.8. The largest absolute Gasteiger partial charge is 0.495 e. The summed E-state index contributed by atoms with van der Waals surface area (Å²) in [6, 6.07) is 22.2. The number of nitrogens with one attached hydrogen (secondary N) is 1. The first-order valence-electron chi connectivity index (χ1n) is 8.84. The van der Waals surface area contributed by atoms with Crippen LogP contribution in [-0.4, -0.2) is 25.6 Å². The monoisotopic (exact) mass is 375 g/mol. The number of esters is 1. The summed E-state index contributed by atoms with van der Waals surface area (Å²) >= 11 is 0. The highest BCUT2D eigenvalue weighted by molar-refractivity contribution is 6.00. The van der Waals surface area contributed by atoms with Gasteiger partial charge in [0.25, 0.3) is 5.91 Å². The van der Waals surface area contributed by atoms with E-state index in [1.165, 1.54) is 7.11 Å². The average molecular weight is 375 g/mol. The minimum absolute atomic E-state index is 0.390. The molecule has 3 aromatic carbocycles. The number of benzene rings is 3. The van der Waals surface area contributed by atoms with Gasteiger partial charge in [-0.3, -0.25) is 4.79 Å².